The van der Waals surface area contributed by atoms with Gasteiger partial charge in [-0.1, -0.05) is 51.9 Å². The summed E-state index contributed by atoms with van der Waals surface area (Å²) in [6.45, 7) is 5.35. The summed E-state index contributed by atoms with van der Waals surface area (Å²) in [6.07, 6.45) is 12.7. The van der Waals surface area contributed by atoms with Crippen molar-refractivity contribution in [1.29, 1.82) is 0 Å². The van der Waals surface area contributed by atoms with Gasteiger partial charge in [0, 0.05) is 12.2 Å². The second-order valence-corrected chi connectivity index (χ2v) is 4.88. The molecule has 0 unspecified atom stereocenters. The fourth-order valence-electron chi connectivity index (χ4n) is 2.17. The van der Waals surface area contributed by atoms with Crippen LogP contribution in [0.25, 0.3) is 0 Å². The summed E-state index contributed by atoms with van der Waals surface area (Å²) in [5.41, 5.74) is 6.96. The number of aromatic nitrogens is 2. The Kier molecular flexibility index (Phi) is 6.75. The van der Waals surface area contributed by atoms with E-state index in [4.69, 9.17) is 5.73 Å². The van der Waals surface area contributed by atoms with E-state index in [2.05, 4.69) is 23.4 Å². The summed E-state index contributed by atoms with van der Waals surface area (Å²) in [5, 5.41) is 0. The summed E-state index contributed by atoms with van der Waals surface area (Å²) < 4.78 is 2.11. The Balaban J connectivity index is 2.01. The lowest BCUT2D eigenvalue weighted by atomic mass is 10.1. The monoisotopic (exact) mass is 237 g/mol. The molecule has 0 aliphatic rings. The Labute approximate surface area is 105 Å². The van der Waals surface area contributed by atoms with Gasteiger partial charge in [0.25, 0.3) is 0 Å². The molecule has 0 aliphatic carbocycles. The minimum absolute atomic E-state index is 0.658. The minimum Gasteiger partial charge on any atom is -0.369 e. The number of anilines is 1. The molecule has 0 spiro atoms. The molecule has 1 aromatic heterocycles. The zero-order chi connectivity index (χ0) is 12.5. The third-order valence-electron chi connectivity index (χ3n) is 3.32. The SMILES string of the molecule is CCCCCCCCCCn1c(C)cnc1N. The van der Waals surface area contributed by atoms with Crippen LogP contribution in [-0.4, -0.2) is 9.55 Å². The molecule has 0 aliphatic heterocycles. The molecular formula is C14H27N3. The predicted octanol–water partition coefficient (Wildman–Crippen LogP) is 3.91. The first kappa shape index (κ1) is 14.1. The molecule has 17 heavy (non-hydrogen) atoms. The molecular weight excluding hydrogens is 210 g/mol. The number of unbranched alkanes of at least 4 members (excludes halogenated alkanes) is 7. The third kappa shape index (κ3) is 5.24. The van der Waals surface area contributed by atoms with Crippen molar-refractivity contribution in [2.24, 2.45) is 0 Å². The predicted molar refractivity (Wildman–Crippen MR) is 74.0 cm³/mol. The van der Waals surface area contributed by atoms with Gasteiger partial charge in [-0.3, -0.25) is 0 Å². The van der Waals surface area contributed by atoms with Crippen LogP contribution >= 0.6 is 0 Å². The zero-order valence-electron chi connectivity index (χ0n) is 11.4. The maximum Gasteiger partial charge on any atom is 0.200 e. The number of hydrogen-bond acceptors (Lipinski definition) is 2. The van der Waals surface area contributed by atoms with E-state index in [9.17, 15) is 0 Å². The van der Waals surface area contributed by atoms with Crippen molar-refractivity contribution >= 4 is 5.95 Å². The number of imidazole rings is 1. The van der Waals surface area contributed by atoms with Gasteiger partial charge in [-0.05, 0) is 13.3 Å². The molecule has 0 bridgehead atoms. The fourth-order valence-corrected chi connectivity index (χ4v) is 2.17. The van der Waals surface area contributed by atoms with Crippen LogP contribution in [0.1, 0.15) is 64.0 Å². The van der Waals surface area contributed by atoms with Crippen LogP contribution in [-0.2, 0) is 6.54 Å². The maximum absolute atomic E-state index is 5.79. The van der Waals surface area contributed by atoms with Gasteiger partial charge in [0.1, 0.15) is 0 Å². The molecule has 0 saturated heterocycles. The van der Waals surface area contributed by atoms with E-state index in [0.717, 1.165) is 6.54 Å². The molecule has 0 amide bonds. The van der Waals surface area contributed by atoms with Crippen molar-refractivity contribution in [3.63, 3.8) is 0 Å². The van der Waals surface area contributed by atoms with E-state index in [-0.39, 0.29) is 0 Å². The summed E-state index contributed by atoms with van der Waals surface area (Å²) in [5.74, 6) is 0.658. The second kappa shape index (κ2) is 8.15. The van der Waals surface area contributed by atoms with E-state index in [1.165, 1.54) is 57.1 Å². The van der Waals surface area contributed by atoms with Gasteiger partial charge in [0.05, 0.1) is 6.20 Å². The van der Waals surface area contributed by atoms with Gasteiger partial charge in [0.15, 0.2) is 5.95 Å². The molecule has 0 aromatic carbocycles. The first-order valence-electron chi connectivity index (χ1n) is 7.03. The highest BCUT2D eigenvalue weighted by Gasteiger charge is 2.01. The van der Waals surface area contributed by atoms with E-state index in [1.54, 1.807) is 0 Å². The first-order chi connectivity index (χ1) is 8.25. The number of rotatable bonds is 9. The largest absolute Gasteiger partial charge is 0.369 e. The Bertz CT molecular complexity index is 285. The Hall–Kier alpha value is -0.990. The molecule has 3 nitrogen and oxygen atoms in total. The maximum atomic E-state index is 5.79. The molecule has 3 heteroatoms. The standard InChI is InChI=1S/C14H27N3/c1-3-4-5-6-7-8-9-10-11-17-13(2)12-16-14(17)15/h12H,3-11H2,1-2H3,(H2,15,16). The summed E-state index contributed by atoms with van der Waals surface area (Å²) >= 11 is 0. The van der Waals surface area contributed by atoms with Gasteiger partial charge >= 0.3 is 0 Å². The van der Waals surface area contributed by atoms with Crippen LogP contribution in [0.2, 0.25) is 0 Å². The Morgan fingerprint density at radius 3 is 2.18 bits per heavy atom. The summed E-state index contributed by atoms with van der Waals surface area (Å²) in [6, 6.07) is 0. The Morgan fingerprint density at radius 2 is 1.65 bits per heavy atom. The fraction of sp³-hybridized carbons (Fsp3) is 0.786. The quantitative estimate of drug-likeness (QED) is 0.662. The van der Waals surface area contributed by atoms with Crippen LogP contribution in [0.5, 0.6) is 0 Å². The average molecular weight is 237 g/mol. The van der Waals surface area contributed by atoms with Gasteiger partial charge in [-0.2, -0.15) is 0 Å². The highest BCUT2D eigenvalue weighted by Crippen LogP contribution is 2.11. The lowest BCUT2D eigenvalue weighted by Crippen LogP contribution is -2.05. The van der Waals surface area contributed by atoms with Crippen LogP contribution in [0, 0.1) is 6.92 Å². The van der Waals surface area contributed by atoms with Gasteiger partial charge in [0.2, 0.25) is 0 Å². The number of nitrogen functional groups attached to an aromatic ring is 1. The van der Waals surface area contributed by atoms with Crippen LogP contribution < -0.4 is 5.73 Å². The second-order valence-electron chi connectivity index (χ2n) is 4.88. The molecule has 2 N–H and O–H groups in total. The van der Waals surface area contributed by atoms with Crippen molar-refractivity contribution in [2.45, 2.75) is 71.8 Å². The number of aryl methyl sites for hydroxylation is 1. The van der Waals surface area contributed by atoms with Crippen LogP contribution in [0.3, 0.4) is 0 Å². The van der Waals surface area contributed by atoms with E-state index in [1.807, 2.05) is 6.20 Å². The van der Waals surface area contributed by atoms with E-state index < -0.39 is 0 Å². The lowest BCUT2D eigenvalue weighted by Gasteiger charge is -2.07. The minimum atomic E-state index is 0.658. The molecule has 0 atom stereocenters. The Morgan fingerprint density at radius 1 is 1.06 bits per heavy atom. The van der Waals surface area contributed by atoms with Gasteiger partial charge < -0.3 is 10.3 Å². The van der Waals surface area contributed by atoms with Crippen molar-refractivity contribution in [3.05, 3.63) is 11.9 Å². The molecule has 1 aromatic rings. The number of hydrogen-bond donors (Lipinski definition) is 1. The van der Waals surface area contributed by atoms with Crippen LogP contribution in [0.4, 0.5) is 5.95 Å². The normalized spacial score (nSPS) is 10.9. The molecule has 1 rings (SSSR count). The van der Waals surface area contributed by atoms with Crippen molar-refractivity contribution in [2.75, 3.05) is 5.73 Å². The van der Waals surface area contributed by atoms with Crippen molar-refractivity contribution in [3.8, 4) is 0 Å². The molecule has 0 saturated carbocycles. The van der Waals surface area contributed by atoms with Crippen molar-refractivity contribution in [1.82, 2.24) is 9.55 Å². The van der Waals surface area contributed by atoms with Crippen molar-refractivity contribution < 1.29 is 0 Å². The highest BCUT2D eigenvalue weighted by molar-refractivity contribution is 5.21. The molecule has 98 valence electrons. The number of nitrogens with two attached hydrogens (primary N) is 1. The molecule has 0 fully saturated rings. The average Bonchev–Trinajstić information content (AvgIpc) is 2.63. The van der Waals surface area contributed by atoms with Crippen LogP contribution in [0.15, 0.2) is 6.20 Å². The lowest BCUT2D eigenvalue weighted by molar-refractivity contribution is 0.542. The zero-order valence-corrected chi connectivity index (χ0v) is 11.4. The molecule has 1 heterocycles. The smallest absolute Gasteiger partial charge is 0.200 e. The van der Waals surface area contributed by atoms with Gasteiger partial charge in [-0.25, -0.2) is 4.98 Å². The van der Waals surface area contributed by atoms with E-state index >= 15 is 0 Å². The third-order valence-corrected chi connectivity index (χ3v) is 3.32. The first-order valence-corrected chi connectivity index (χ1v) is 7.03. The highest BCUT2D eigenvalue weighted by atomic mass is 15.1. The number of nitrogens with zero attached hydrogens (tertiary/aromatic N) is 2. The van der Waals surface area contributed by atoms with Gasteiger partial charge in [-0.15, -0.1) is 0 Å². The summed E-state index contributed by atoms with van der Waals surface area (Å²) in [7, 11) is 0. The molecule has 0 radical (unpaired) electrons. The van der Waals surface area contributed by atoms with E-state index in [0.29, 0.717) is 5.95 Å². The summed E-state index contributed by atoms with van der Waals surface area (Å²) in [4.78, 5) is 4.11. The topological polar surface area (TPSA) is 43.8 Å².